The lowest BCUT2D eigenvalue weighted by atomic mass is 9.87. The normalized spacial score (nSPS) is 16.5. The van der Waals surface area contributed by atoms with Gasteiger partial charge in [0, 0.05) is 26.0 Å². The van der Waals surface area contributed by atoms with Gasteiger partial charge in [-0.2, -0.15) is 5.26 Å². The van der Waals surface area contributed by atoms with Gasteiger partial charge >= 0.3 is 0 Å². The Bertz CT molecular complexity index is 740. The summed E-state index contributed by atoms with van der Waals surface area (Å²) < 4.78 is 10.3. The van der Waals surface area contributed by atoms with Crippen LogP contribution in [0.25, 0.3) is 0 Å². The minimum atomic E-state index is -0.335. The van der Waals surface area contributed by atoms with Gasteiger partial charge in [-0.1, -0.05) is 23.9 Å². The van der Waals surface area contributed by atoms with Gasteiger partial charge in [0.2, 0.25) is 11.8 Å². The van der Waals surface area contributed by atoms with E-state index in [-0.39, 0.29) is 29.9 Å². The van der Waals surface area contributed by atoms with Crippen LogP contribution in [0.1, 0.15) is 24.8 Å². The van der Waals surface area contributed by atoms with E-state index in [0.717, 1.165) is 23.1 Å². The Balaban J connectivity index is 2.13. The van der Waals surface area contributed by atoms with E-state index in [1.54, 1.807) is 7.11 Å². The minimum Gasteiger partial charge on any atom is -0.494 e. The number of carbonyl (C=O) groups is 2. The molecule has 8 heteroatoms. The summed E-state index contributed by atoms with van der Waals surface area (Å²) in [5.41, 5.74) is 1.33. The van der Waals surface area contributed by atoms with Crippen LogP contribution in [0.15, 0.2) is 34.9 Å². The molecule has 0 bridgehead atoms. The Hall–Kier alpha value is -2.50. The smallest absolute Gasteiger partial charge is 0.230 e. The largest absolute Gasteiger partial charge is 0.494 e. The van der Waals surface area contributed by atoms with E-state index in [4.69, 9.17) is 9.47 Å². The van der Waals surface area contributed by atoms with E-state index < -0.39 is 0 Å². The number of methoxy groups -OCH3 is 1. The molecule has 0 aromatic heterocycles. The van der Waals surface area contributed by atoms with E-state index in [2.05, 4.69) is 16.7 Å². The third kappa shape index (κ3) is 6.01. The fraction of sp³-hybridized carbons (Fsp3) is 0.421. The molecule has 1 aliphatic heterocycles. The maximum absolute atomic E-state index is 12.1. The van der Waals surface area contributed by atoms with Crippen molar-refractivity contribution < 1.29 is 19.1 Å². The third-order valence-electron chi connectivity index (χ3n) is 3.93. The van der Waals surface area contributed by atoms with Crippen LogP contribution in [0.4, 0.5) is 0 Å². The molecule has 1 aromatic carbocycles. The Morgan fingerprint density at radius 1 is 1.41 bits per heavy atom. The molecule has 0 radical (unpaired) electrons. The van der Waals surface area contributed by atoms with E-state index in [9.17, 15) is 14.9 Å². The van der Waals surface area contributed by atoms with E-state index >= 15 is 0 Å². The van der Waals surface area contributed by atoms with Gasteiger partial charge in [-0.25, -0.2) is 0 Å². The number of carbonyl (C=O) groups excluding carboxylic acids is 2. The topological polar surface area (TPSA) is 100 Å². The molecule has 7 nitrogen and oxygen atoms in total. The molecule has 0 fully saturated rings. The molecule has 2 N–H and O–H groups in total. The van der Waals surface area contributed by atoms with Crippen LogP contribution in [0.3, 0.4) is 0 Å². The van der Waals surface area contributed by atoms with Crippen LogP contribution in [0.5, 0.6) is 5.75 Å². The summed E-state index contributed by atoms with van der Waals surface area (Å²) in [5, 5.41) is 15.5. The lowest BCUT2D eigenvalue weighted by Crippen LogP contribution is -2.33. The van der Waals surface area contributed by atoms with Gasteiger partial charge in [0.05, 0.1) is 35.6 Å². The van der Waals surface area contributed by atoms with Crippen molar-refractivity contribution in [2.75, 3.05) is 32.6 Å². The number of nitrogens with zero attached hydrogens (tertiary/aromatic N) is 1. The summed E-state index contributed by atoms with van der Waals surface area (Å²) in [6.45, 7) is 3.33. The van der Waals surface area contributed by atoms with Gasteiger partial charge in [-0.05, 0) is 24.6 Å². The summed E-state index contributed by atoms with van der Waals surface area (Å²) in [6.07, 6.45) is 0.195. The lowest BCUT2D eigenvalue weighted by Gasteiger charge is -2.25. The zero-order valence-electron chi connectivity index (χ0n) is 15.4. The van der Waals surface area contributed by atoms with Crippen LogP contribution in [-0.4, -0.2) is 44.4 Å². The second kappa shape index (κ2) is 10.6. The molecule has 1 heterocycles. The van der Waals surface area contributed by atoms with Crippen LogP contribution < -0.4 is 15.4 Å². The molecule has 0 spiro atoms. The van der Waals surface area contributed by atoms with E-state index in [0.29, 0.717) is 30.4 Å². The van der Waals surface area contributed by atoms with Crippen molar-refractivity contribution in [1.29, 1.82) is 5.26 Å². The molecule has 0 unspecified atom stereocenters. The van der Waals surface area contributed by atoms with Crippen molar-refractivity contribution in [3.05, 3.63) is 40.4 Å². The summed E-state index contributed by atoms with van der Waals surface area (Å²) in [7, 11) is 1.56. The minimum absolute atomic E-state index is 0.112. The van der Waals surface area contributed by atoms with Gasteiger partial charge in [0.25, 0.3) is 0 Å². The molecular weight excluding hydrogens is 366 g/mol. The number of hydrogen-bond acceptors (Lipinski definition) is 6. The quantitative estimate of drug-likeness (QED) is 0.626. The van der Waals surface area contributed by atoms with Gasteiger partial charge in [-0.3, -0.25) is 9.59 Å². The molecule has 2 rings (SSSR count). The summed E-state index contributed by atoms with van der Waals surface area (Å²) in [6, 6.07) is 9.59. The van der Waals surface area contributed by atoms with Crippen molar-refractivity contribution in [3.8, 4) is 11.8 Å². The van der Waals surface area contributed by atoms with Crippen molar-refractivity contribution in [1.82, 2.24) is 10.6 Å². The average molecular weight is 389 g/mol. The second-order valence-corrected chi connectivity index (χ2v) is 6.78. The number of nitrogens with one attached hydrogen (secondary N) is 2. The fourth-order valence-electron chi connectivity index (χ4n) is 2.66. The number of allylic oxidation sites excluding steroid dienone is 1. The summed E-state index contributed by atoms with van der Waals surface area (Å²) in [4.78, 5) is 24.0. The van der Waals surface area contributed by atoms with Gasteiger partial charge in [0.15, 0.2) is 0 Å². The highest BCUT2D eigenvalue weighted by Crippen LogP contribution is 2.36. The molecule has 144 valence electrons. The SMILES string of the molecule is CCOc1ccc([C@H]2CC(=O)NC(SCC(=O)NCCOC)=C2C#N)cc1. The predicted molar refractivity (Wildman–Crippen MR) is 103 cm³/mol. The van der Waals surface area contributed by atoms with Crippen molar-refractivity contribution in [2.24, 2.45) is 0 Å². The first-order valence-corrected chi connectivity index (χ1v) is 9.62. The highest BCUT2D eigenvalue weighted by Gasteiger charge is 2.29. The Morgan fingerprint density at radius 3 is 2.78 bits per heavy atom. The molecule has 1 aromatic rings. The van der Waals surface area contributed by atoms with Gasteiger partial charge in [0.1, 0.15) is 5.75 Å². The first-order chi connectivity index (χ1) is 13.1. The van der Waals surface area contributed by atoms with E-state index in [1.807, 2.05) is 31.2 Å². The number of thioether (sulfide) groups is 1. The van der Waals surface area contributed by atoms with Crippen molar-refractivity contribution in [3.63, 3.8) is 0 Å². The Morgan fingerprint density at radius 2 is 2.15 bits per heavy atom. The van der Waals surface area contributed by atoms with Crippen molar-refractivity contribution >= 4 is 23.6 Å². The zero-order valence-corrected chi connectivity index (χ0v) is 16.2. The van der Waals surface area contributed by atoms with Gasteiger partial charge in [-0.15, -0.1) is 0 Å². The number of rotatable bonds is 9. The average Bonchev–Trinajstić information content (AvgIpc) is 2.67. The summed E-state index contributed by atoms with van der Waals surface area (Å²) >= 11 is 1.16. The Labute approximate surface area is 163 Å². The van der Waals surface area contributed by atoms with Crippen LogP contribution in [0, 0.1) is 11.3 Å². The highest BCUT2D eigenvalue weighted by molar-refractivity contribution is 8.03. The lowest BCUT2D eigenvalue weighted by molar-refractivity contribution is -0.121. The number of nitriles is 1. The highest BCUT2D eigenvalue weighted by atomic mass is 32.2. The molecule has 0 saturated heterocycles. The maximum Gasteiger partial charge on any atom is 0.230 e. The maximum atomic E-state index is 12.1. The molecule has 1 atom stereocenters. The Kier molecular flexibility index (Phi) is 8.17. The molecule has 27 heavy (non-hydrogen) atoms. The predicted octanol–water partition coefficient (Wildman–Crippen LogP) is 1.92. The monoisotopic (exact) mass is 389 g/mol. The zero-order chi connectivity index (χ0) is 19.6. The first kappa shape index (κ1) is 20.8. The van der Waals surface area contributed by atoms with Crippen molar-refractivity contribution in [2.45, 2.75) is 19.3 Å². The molecule has 0 saturated carbocycles. The standard InChI is InChI=1S/C19H23N3O4S/c1-3-26-14-6-4-13(5-7-14)15-10-17(23)22-19(16(15)11-20)27-12-18(24)21-8-9-25-2/h4-7,15H,3,8-10,12H2,1-2H3,(H,21,24)(H,22,23)/t15-/m1/s1. The van der Waals surface area contributed by atoms with E-state index in [1.165, 1.54) is 0 Å². The number of amides is 2. The molecule has 2 amide bonds. The van der Waals surface area contributed by atoms with Crippen LogP contribution >= 0.6 is 11.8 Å². The van der Waals surface area contributed by atoms with Crippen LogP contribution in [0.2, 0.25) is 0 Å². The molecule has 0 aliphatic carbocycles. The van der Waals surface area contributed by atoms with Crippen LogP contribution in [-0.2, 0) is 14.3 Å². The number of ether oxygens (including phenoxy) is 2. The first-order valence-electron chi connectivity index (χ1n) is 8.64. The fourth-order valence-corrected chi connectivity index (χ4v) is 3.57. The molecule has 1 aliphatic rings. The summed E-state index contributed by atoms with van der Waals surface area (Å²) in [5.74, 6) is 0.166. The van der Waals surface area contributed by atoms with Gasteiger partial charge < -0.3 is 20.1 Å². The number of hydrogen-bond donors (Lipinski definition) is 2. The third-order valence-corrected chi connectivity index (χ3v) is 4.94. The molecular formula is C19H23N3O4S. The number of benzene rings is 1. The second-order valence-electron chi connectivity index (χ2n) is 5.79.